The van der Waals surface area contributed by atoms with E-state index in [0.29, 0.717) is 39.6 Å². The van der Waals surface area contributed by atoms with Crippen molar-refractivity contribution in [3.05, 3.63) is 125 Å². The van der Waals surface area contributed by atoms with Crippen molar-refractivity contribution in [1.82, 2.24) is 10.3 Å². The first kappa shape index (κ1) is 24.8. The van der Waals surface area contributed by atoms with Crippen molar-refractivity contribution in [2.24, 2.45) is 0 Å². The normalized spacial score (nSPS) is 14.5. The molecule has 5 aromatic rings. The van der Waals surface area contributed by atoms with Gasteiger partial charge in [-0.25, -0.2) is 8.60 Å². The maximum absolute atomic E-state index is 14.6. The van der Waals surface area contributed by atoms with Gasteiger partial charge in [0.25, 0.3) is 11.8 Å². The lowest BCUT2D eigenvalue weighted by molar-refractivity contribution is 0.0950. The summed E-state index contributed by atoms with van der Waals surface area (Å²) in [6, 6.07) is 25.7. The molecule has 1 aliphatic heterocycles. The van der Waals surface area contributed by atoms with Crippen LogP contribution in [0, 0.1) is 5.82 Å². The van der Waals surface area contributed by atoms with Crippen LogP contribution in [0.1, 0.15) is 31.8 Å². The van der Waals surface area contributed by atoms with Gasteiger partial charge in [0.2, 0.25) is 0 Å². The summed E-state index contributed by atoms with van der Waals surface area (Å²) in [5.41, 5.74) is 3.38. The number of halogens is 1. The Bertz CT molecular complexity index is 1760. The summed E-state index contributed by atoms with van der Waals surface area (Å²) in [5, 5.41) is 4.06. The second-order valence-corrected chi connectivity index (χ2v) is 10.7. The van der Waals surface area contributed by atoms with Gasteiger partial charge in [-0.2, -0.15) is 0 Å². The third-order valence-electron chi connectivity index (χ3n) is 6.92. The van der Waals surface area contributed by atoms with Crippen LogP contribution >= 0.6 is 0 Å². The number of hydrogen-bond donors (Lipinski definition) is 2. The van der Waals surface area contributed by atoms with Crippen LogP contribution in [0.5, 0.6) is 0 Å². The Kier molecular flexibility index (Phi) is 6.54. The minimum atomic E-state index is -1.66. The number of hydrogen-bond acceptors (Lipinski definition) is 3. The number of carbonyl (C=O) groups excluding carboxylic acids is 2. The molecule has 0 spiro atoms. The zero-order valence-corrected chi connectivity index (χ0v) is 21.6. The third-order valence-corrected chi connectivity index (χ3v) is 8.42. The smallest absolute Gasteiger partial charge is 0.259 e. The molecule has 2 N–H and O–H groups in total. The molecule has 0 fully saturated rings. The van der Waals surface area contributed by atoms with Crippen molar-refractivity contribution in [2.45, 2.75) is 22.8 Å². The average molecular weight is 538 g/mol. The summed E-state index contributed by atoms with van der Waals surface area (Å²) in [4.78, 5) is 32.3. The lowest BCUT2D eigenvalue weighted by Gasteiger charge is -2.24. The van der Waals surface area contributed by atoms with Gasteiger partial charge in [0.1, 0.15) is 5.82 Å². The number of nitrogens with one attached hydrogen (secondary N) is 2. The summed E-state index contributed by atoms with van der Waals surface area (Å²) in [6.07, 6.45) is 2.58. The average Bonchev–Trinajstić information content (AvgIpc) is 3.35. The van der Waals surface area contributed by atoms with Crippen LogP contribution in [0.2, 0.25) is 0 Å². The highest BCUT2D eigenvalue weighted by Crippen LogP contribution is 2.36. The van der Waals surface area contributed by atoms with E-state index in [1.807, 2.05) is 30.5 Å². The fourth-order valence-electron chi connectivity index (χ4n) is 4.91. The van der Waals surface area contributed by atoms with Gasteiger partial charge in [0, 0.05) is 34.8 Å². The molecule has 0 bridgehead atoms. The van der Waals surface area contributed by atoms with E-state index in [9.17, 15) is 18.2 Å². The van der Waals surface area contributed by atoms with Crippen molar-refractivity contribution in [1.29, 1.82) is 0 Å². The molecule has 4 aromatic carbocycles. The number of para-hydroxylation sites is 1. The molecule has 0 saturated heterocycles. The second-order valence-electron chi connectivity index (χ2n) is 9.30. The first-order chi connectivity index (χ1) is 19.0. The largest absolute Gasteiger partial charge is 0.361 e. The van der Waals surface area contributed by atoms with Crippen LogP contribution in [-0.2, 0) is 23.8 Å². The highest BCUT2D eigenvalue weighted by Gasteiger charge is 2.32. The van der Waals surface area contributed by atoms with Gasteiger partial charge in [-0.15, -0.1) is 0 Å². The molecule has 39 heavy (non-hydrogen) atoms. The van der Waals surface area contributed by atoms with Crippen molar-refractivity contribution < 1.29 is 18.2 Å². The molecule has 2 amide bonds. The molecule has 6 nitrogen and oxygen atoms in total. The number of fused-ring (bicyclic) bond motifs is 3. The molecule has 0 unspecified atom stereocenters. The Balaban J connectivity index is 1.31. The maximum atomic E-state index is 14.6. The van der Waals surface area contributed by atoms with Crippen LogP contribution < -0.4 is 10.2 Å². The van der Waals surface area contributed by atoms with Crippen molar-refractivity contribution in [3.63, 3.8) is 0 Å². The van der Waals surface area contributed by atoms with Crippen LogP contribution in [0.25, 0.3) is 10.9 Å². The van der Waals surface area contributed by atoms with Crippen molar-refractivity contribution >= 4 is 39.2 Å². The van der Waals surface area contributed by atoms with Gasteiger partial charge in [0.15, 0.2) is 0 Å². The number of benzene rings is 4. The van der Waals surface area contributed by atoms with Crippen LogP contribution in [-0.4, -0.2) is 27.6 Å². The molecular formula is C31H24FN3O3S. The molecule has 1 atom stereocenters. The zero-order valence-electron chi connectivity index (χ0n) is 20.8. The molecule has 1 aliphatic rings. The Morgan fingerprint density at radius 2 is 1.67 bits per heavy atom. The van der Waals surface area contributed by atoms with Gasteiger partial charge in [-0.3, -0.25) is 9.59 Å². The second kappa shape index (κ2) is 10.3. The maximum Gasteiger partial charge on any atom is 0.259 e. The Morgan fingerprint density at radius 1 is 0.897 bits per heavy atom. The first-order valence-corrected chi connectivity index (χ1v) is 13.7. The summed E-state index contributed by atoms with van der Waals surface area (Å²) in [5.74, 6) is -1.17. The van der Waals surface area contributed by atoms with E-state index in [4.69, 9.17) is 0 Å². The molecule has 6 rings (SSSR count). The highest BCUT2D eigenvalue weighted by molar-refractivity contribution is 7.85. The van der Waals surface area contributed by atoms with Crippen LogP contribution in [0.15, 0.2) is 107 Å². The fourth-order valence-corrected chi connectivity index (χ4v) is 6.25. The van der Waals surface area contributed by atoms with E-state index >= 15 is 0 Å². The number of carbonyl (C=O) groups is 2. The Labute approximate surface area is 226 Å². The minimum Gasteiger partial charge on any atom is -0.361 e. The number of nitrogens with zero attached hydrogens (tertiary/aromatic N) is 1. The lowest BCUT2D eigenvalue weighted by atomic mass is 10.1. The van der Waals surface area contributed by atoms with E-state index in [-0.39, 0.29) is 18.0 Å². The fraction of sp³-hybridized carbons (Fsp3) is 0.0968. The van der Waals surface area contributed by atoms with Crippen LogP contribution in [0.3, 0.4) is 0 Å². The quantitative estimate of drug-likeness (QED) is 0.296. The zero-order chi connectivity index (χ0) is 26.9. The number of aromatic amines is 1. The summed E-state index contributed by atoms with van der Waals surface area (Å²) < 4.78 is 28.2. The standard InChI is InChI=1S/C31H24FN3O3S/c32-25-10-4-1-7-22(25)19-35-27-17-20(13-14-29(27)39(38)28-12-6-3-9-24(28)31(35)37)30(36)33-16-15-21-18-34-26-11-5-2-8-23(21)26/h1-14,17-18,34H,15-16,19H2,(H,33,36)/t39-/m1/s1. The van der Waals surface area contributed by atoms with E-state index < -0.39 is 22.5 Å². The topological polar surface area (TPSA) is 82.3 Å². The SMILES string of the molecule is O=C(NCCc1c[nH]c2ccccc12)c1ccc2c(c1)N(Cc1ccccc1F)C(=O)c1ccccc1[S@]2=O. The molecule has 194 valence electrons. The highest BCUT2D eigenvalue weighted by atomic mass is 32.2. The molecule has 0 saturated carbocycles. The number of H-pyrrole nitrogens is 1. The van der Waals surface area contributed by atoms with Gasteiger partial charge in [-0.1, -0.05) is 48.5 Å². The number of anilines is 1. The first-order valence-electron chi connectivity index (χ1n) is 12.5. The summed E-state index contributed by atoms with van der Waals surface area (Å²) in [7, 11) is -1.66. The molecular weight excluding hydrogens is 513 g/mol. The van der Waals surface area contributed by atoms with Crippen molar-refractivity contribution in [3.8, 4) is 0 Å². The Morgan fingerprint density at radius 3 is 2.54 bits per heavy atom. The molecule has 0 radical (unpaired) electrons. The number of rotatable bonds is 6. The van der Waals surface area contributed by atoms with E-state index in [1.54, 1.807) is 60.7 Å². The monoisotopic (exact) mass is 537 g/mol. The molecule has 8 heteroatoms. The van der Waals surface area contributed by atoms with Gasteiger partial charge < -0.3 is 15.2 Å². The van der Waals surface area contributed by atoms with E-state index in [1.165, 1.54) is 11.0 Å². The van der Waals surface area contributed by atoms with Gasteiger partial charge >= 0.3 is 0 Å². The lowest BCUT2D eigenvalue weighted by Crippen LogP contribution is -2.31. The van der Waals surface area contributed by atoms with Crippen LogP contribution in [0.4, 0.5) is 10.1 Å². The summed E-state index contributed by atoms with van der Waals surface area (Å²) in [6.45, 7) is 0.336. The molecule has 2 heterocycles. The third kappa shape index (κ3) is 4.64. The predicted octanol–water partition coefficient (Wildman–Crippen LogP) is 5.61. The molecule has 1 aromatic heterocycles. The predicted molar refractivity (Wildman–Crippen MR) is 149 cm³/mol. The minimum absolute atomic E-state index is 0.0737. The van der Waals surface area contributed by atoms with Gasteiger partial charge in [0.05, 0.1) is 38.4 Å². The van der Waals surface area contributed by atoms with E-state index in [2.05, 4.69) is 10.3 Å². The van der Waals surface area contributed by atoms with Gasteiger partial charge in [-0.05, 0) is 54.4 Å². The Hall–Kier alpha value is -4.56. The number of amides is 2. The summed E-state index contributed by atoms with van der Waals surface area (Å²) >= 11 is 0. The number of aromatic nitrogens is 1. The van der Waals surface area contributed by atoms with E-state index in [0.717, 1.165) is 16.5 Å². The molecule has 0 aliphatic carbocycles. The van der Waals surface area contributed by atoms with Crippen molar-refractivity contribution in [2.75, 3.05) is 11.4 Å².